The molecule has 0 spiro atoms. The second kappa shape index (κ2) is 6.83. The summed E-state index contributed by atoms with van der Waals surface area (Å²) >= 11 is 3.08. The van der Waals surface area contributed by atoms with Gasteiger partial charge in [0.2, 0.25) is 10.0 Å². The maximum Gasteiger partial charge on any atom is 0.319 e. The van der Waals surface area contributed by atoms with Gasteiger partial charge >= 0.3 is 5.97 Å². The number of thiophene rings is 1. The lowest BCUT2D eigenvalue weighted by atomic mass is 10.4. The van der Waals surface area contributed by atoms with E-state index in [1.165, 1.54) is 18.4 Å². The van der Waals surface area contributed by atoms with Gasteiger partial charge in [-0.1, -0.05) is 29.5 Å². The molecule has 8 heteroatoms. The number of alkyl halides is 1. The van der Waals surface area contributed by atoms with Crippen LogP contribution in [0.2, 0.25) is 0 Å². The molecule has 5 nitrogen and oxygen atoms in total. The van der Waals surface area contributed by atoms with Crippen molar-refractivity contribution >= 4 is 49.9 Å². The third-order valence-electron chi connectivity index (χ3n) is 2.16. The number of sulfonamides is 1. The molecule has 1 N–H and O–H groups in total. The molecule has 1 unspecified atom stereocenters. The summed E-state index contributed by atoms with van der Waals surface area (Å²) in [4.78, 5) is 12.2. The SMILES string of the molecule is CCc1ccc(S(=O)(=O)NCC(I)C(=O)OC)s1. The lowest BCUT2D eigenvalue weighted by molar-refractivity contribution is -0.139. The Morgan fingerprint density at radius 1 is 1.56 bits per heavy atom. The molecule has 0 aromatic carbocycles. The van der Waals surface area contributed by atoms with Crippen molar-refractivity contribution in [3.05, 3.63) is 17.0 Å². The normalized spacial score (nSPS) is 13.3. The molecule has 1 rings (SSSR count). The quantitative estimate of drug-likeness (QED) is 0.445. The number of carbonyl (C=O) groups is 1. The maximum atomic E-state index is 11.9. The summed E-state index contributed by atoms with van der Waals surface area (Å²) in [5, 5.41) is 0. The van der Waals surface area contributed by atoms with Gasteiger partial charge < -0.3 is 4.74 Å². The fourth-order valence-corrected chi connectivity index (χ4v) is 4.32. The molecule has 0 bridgehead atoms. The van der Waals surface area contributed by atoms with E-state index < -0.39 is 19.9 Å². The van der Waals surface area contributed by atoms with E-state index in [-0.39, 0.29) is 10.8 Å². The van der Waals surface area contributed by atoms with Gasteiger partial charge in [-0.2, -0.15) is 0 Å². The average Bonchev–Trinajstić information content (AvgIpc) is 2.84. The Bertz CT molecular complexity index is 512. The summed E-state index contributed by atoms with van der Waals surface area (Å²) in [6, 6.07) is 3.37. The number of methoxy groups -OCH3 is 1. The van der Waals surface area contributed by atoms with E-state index in [1.54, 1.807) is 12.1 Å². The van der Waals surface area contributed by atoms with Crippen molar-refractivity contribution in [2.24, 2.45) is 0 Å². The van der Waals surface area contributed by atoms with E-state index in [0.717, 1.165) is 11.3 Å². The van der Waals surface area contributed by atoms with Crippen molar-refractivity contribution in [2.75, 3.05) is 13.7 Å². The highest BCUT2D eigenvalue weighted by molar-refractivity contribution is 14.1. The van der Waals surface area contributed by atoms with E-state index in [9.17, 15) is 13.2 Å². The molecule has 0 aliphatic heterocycles. The molecule has 1 heterocycles. The molecule has 1 atom stereocenters. The first-order chi connectivity index (χ1) is 8.40. The number of aryl methyl sites for hydroxylation is 1. The number of rotatable bonds is 6. The molecule has 1 aromatic rings. The van der Waals surface area contributed by atoms with Crippen molar-refractivity contribution in [2.45, 2.75) is 21.5 Å². The Hall–Kier alpha value is -0.190. The van der Waals surface area contributed by atoms with Crippen LogP contribution in [0.3, 0.4) is 0 Å². The lowest BCUT2D eigenvalue weighted by Gasteiger charge is -2.08. The second-order valence-electron chi connectivity index (χ2n) is 3.42. The maximum absolute atomic E-state index is 11.9. The average molecular weight is 403 g/mol. The first kappa shape index (κ1) is 15.9. The van der Waals surface area contributed by atoms with Gasteiger partial charge in [0.15, 0.2) is 0 Å². The zero-order valence-electron chi connectivity index (χ0n) is 9.97. The Balaban J connectivity index is 2.68. The number of halogens is 1. The molecule has 0 amide bonds. The van der Waals surface area contributed by atoms with Crippen LogP contribution in [0.1, 0.15) is 11.8 Å². The Morgan fingerprint density at radius 3 is 2.72 bits per heavy atom. The third-order valence-corrected chi connectivity index (χ3v) is 6.25. The first-order valence-electron chi connectivity index (χ1n) is 5.21. The summed E-state index contributed by atoms with van der Waals surface area (Å²) < 4.78 is 30.5. The molecular weight excluding hydrogens is 389 g/mol. The van der Waals surface area contributed by atoms with Crippen LogP contribution in [0.4, 0.5) is 0 Å². The number of nitrogens with one attached hydrogen (secondary N) is 1. The van der Waals surface area contributed by atoms with Crippen molar-refractivity contribution in [1.29, 1.82) is 0 Å². The summed E-state index contributed by atoms with van der Waals surface area (Å²) in [5.74, 6) is -0.446. The predicted molar refractivity (Wildman–Crippen MR) is 78.7 cm³/mol. The number of ether oxygens (including phenoxy) is 1. The zero-order chi connectivity index (χ0) is 13.8. The van der Waals surface area contributed by atoms with Crippen LogP contribution >= 0.6 is 33.9 Å². The van der Waals surface area contributed by atoms with E-state index in [0.29, 0.717) is 0 Å². The largest absolute Gasteiger partial charge is 0.468 e. The molecule has 0 saturated carbocycles. The van der Waals surface area contributed by atoms with Gasteiger partial charge in [0.25, 0.3) is 0 Å². The van der Waals surface area contributed by atoms with Gasteiger partial charge in [-0.15, -0.1) is 11.3 Å². The molecule has 0 aliphatic rings. The van der Waals surface area contributed by atoms with Crippen molar-refractivity contribution in [1.82, 2.24) is 4.72 Å². The van der Waals surface area contributed by atoms with Gasteiger partial charge in [0.05, 0.1) is 7.11 Å². The Morgan fingerprint density at radius 2 is 2.22 bits per heavy atom. The fraction of sp³-hybridized carbons (Fsp3) is 0.500. The highest BCUT2D eigenvalue weighted by Crippen LogP contribution is 2.21. The van der Waals surface area contributed by atoms with Crippen molar-refractivity contribution in [3.8, 4) is 0 Å². The molecule has 0 aliphatic carbocycles. The Labute approximate surface area is 124 Å². The van der Waals surface area contributed by atoms with E-state index in [1.807, 2.05) is 29.5 Å². The van der Waals surface area contributed by atoms with Gasteiger partial charge in [-0.25, -0.2) is 13.1 Å². The highest BCUT2D eigenvalue weighted by atomic mass is 127. The second-order valence-corrected chi connectivity index (χ2v) is 8.08. The van der Waals surface area contributed by atoms with Crippen LogP contribution in [0.5, 0.6) is 0 Å². The minimum absolute atomic E-state index is 0.0227. The molecule has 0 radical (unpaired) electrons. The van der Waals surface area contributed by atoms with Crippen LogP contribution in [0.15, 0.2) is 16.3 Å². The molecule has 18 heavy (non-hydrogen) atoms. The number of hydrogen-bond donors (Lipinski definition) is 1. The van der Waals surface area contributed by atoms with Crippen LogP contribution in [-0.4, -0.2) is 32.0 Å². The van der Waals surface area contributed by atoms with Crippen LogP contribution in [-0.2, 0) is 26.0 Å². The zero-order valence-corrected chi connectivity index (χ0v) is 13.8. The van der Waals surface area contributed by atoms with Crippen LogP contribution in [0, 0.1) is 0 Å². The minimum Gasteiger partial charge on any atom is -0.468 e. The summed E-state index contributed by atoms with van der Waals surface area (Å²) in [7, 11) is -2.26. The third kappa shape index (κ3) is 4.18. The van der Waals surface area contributed by atoms with Crippen LogP contribution in [0.25, 0.3) is 0 Å². The highest BCUT2D eigenvalue weighted by Gasteiger charge is 2.21. The monoisotopic (exact) mass is 403 g/mol. The van der Waals surface area contributed by atoms with Crippen molar-refractivity contribution in [3.63, 3.8) is 0 Å². The van der Waals surface area contributed by atoms with E-state index in [2.05, 4.69) is 9.46 Å². The standard InChI is InChI=1S/C10H14INO4S2/c1-3-7-4-5-9(17-7)18(14,15)12-6-8(11)10(13)16-2/h4-5,8,12H,3,6H2,1-2H3. The summed E-state index contributed by atoms with van der Waals surface area (Å²) in [6.07, 6.45) is 0.803. The first-order valence-corrected chi connectivity index (χ1v) is 8.75. The van der Waals surface area contributed by atoms with Gasteiger partial charge in [-0.3, -0.25) is 4.79 Å². The molecule has 1 aromatic heterocycles. The lowest BCUT2D eigenvalue weighted by Crippen LogP contribution is -2.33. The predicted octanol–water partition coefficient (Wildman–Crippen LogP) is 1.57. The van der Waals surface area contributed by atoms with Gasteiger partial charge in [0.1, 0.15) is 8.13 Å². The van der Waals surface area contributed by atoms with Crippen molar-refractivity contribution < 1.29 is 17.9 Å². The number of carbonyl (C=O) groups excluding carboxylic acids is 1. The molecule has 0 fully saturated rings. The molecule has 0 saturated heterocycles. The Kier molecular flexibility index (Phi) is 6.02. The van der Waals surface area contributed by atoms with E-state index >= 15 is 0 Å². The van der Waals surface area contributed by atoms with Crippen LogP contribution < -0.4 is 4.72 Å². The smallest absolute Gasteiger partial charge is 0.319 e. The summed E-state index contributed by atoms with van der Waals surface area (Å²) in [5.41, 5.74) is 0. The topological polar surface area (TPSA) is 72.5 Å². The van der Waals surface area contributed by atoms with Gasteiger partial charge in [0, 0.05) is 11.4 Å². The van der Waals surface area contributed by atoms with Gasteiger partial charge in [-0.05, 0) is 18.6 Å². The fourth-order valence-electron chi connectivity index (χ4n) is 1.16. The number of hydrogen-bond acceptors (Lipinski definition) is 5. The van der Waals surface area contributed by atoms with E-state index in [4.69, 9.17) is 0 Å². The molecule has 102 valence electrons. The number of esters is 1. The minimum atomic E-state index is -3.53. The summed E-state index contributed by atoms with van der Waals surface area (Å²) in [6.45, 7) is 1.99. The molecular formula is C10H14INO4S2.